The zero-order valence-electron chi connectivity index (χ0n) is 15.9. The first-order chi connectivity index (χ1) is 13.9. The molecule has 0 aliphatic heterocycles. The highest BCUT2D eigenvalue weighted by Gasteiger charge is 2.35. The summed E-state index contributed by atoms with van der Waals surface area (Å²) >= 11 is 5.94. The lowest BCUT2D eigenvalue weighted by Crippen LogP contribution is -2.38. The number of amides is 1. The number of nitrogens with one attached hydrogen (secondary N) is 2. The number of aromatic nitrogens is 1. The van der Waals surface area contributed by atoms with Crippen LogP contribution in [-0.4, -0.2) is 21.6 Å². The first-order valence-electron chi connectivity index (χ1n) is 9.78. The molecular weight excluding hydrogens is 392 g/mol. The molecule has 0 atom stereocenters. The number of hydrogen-bond acceptors (Lipinski definition) is 4. The molecule has 0 radical (unpaired) electrons. The van der Waals surface area contributed by atoms with Gasteiger partial charge in [0.2, 0.25) is 5.91 Å². The van der Waals surface area contributed by atoms with E-state index >= 15 is 0 Å². The van der Waals surface area contributed by atoms with E-state index in [9.17, 15) is 14.7 Å². The van der Waals surface area contributed by atoms with Crippen LogP contribution in [0, 0.1) is 5.92 Å². The molecule has 1 amide bonds. The summed E-state index contributed by atoms with van der Waals surface area (Å²) in [5.74, 6) is -0.285. The number of aliphatic hydroxyl groups is 1. The third-order valence-electron chi connectivity index (χ3n) is 5.67. The van der Waals surface area contributed by atoms with Gasteiger partial charge in [-0.1, -0.05) is 23.7 Å². The van der Waals surface area contributed by atoms with Crippen LogP contribution in [0.3, 0.4) is 0 Å². The van der Waals surface area contributed by atoms with Gasteiger partial charge in [0.05, 0.1) is 17.5 Å². The molecular formula is C22H23ClN2O4. The van der Waals surface area contributed by atoms with E-state index in [2.05, 4.69) is 10.3 Å². The quantitative estimate of drug-likeness (QED) is 0.581. The molecule has 29 heavy (non-hydrogen) atoms. The van der Waals surface area contributed by atoms with Gasteiger partial charge < -0.3 is 14.8 Å². The number of carbonyl (C=O) groups excluding carboxylic acids is 1. The smallest absolute Gasteiger partial charge is 0.408 e. The number of aromatic amines is 1. The van der Waals surface area contributed by atoms with Gasteiger partial charge in [-0.05, 0) is 67.9 Å². The molecule has 4 rings (SSSR count). The molecule has 3 N–H and O–H groups in total. The van der Waals surface area contributed by atoms with Gasteiger partial charge in [0, 0.05) is 16.8 Å². The molecule has 0 spiro atoms. The maximum atomic E-state index is 12.4. The Balaban J connectivity index is 1.31. The molecule has 1 aliphatic rings. The van der Waals surface area contributed by atoms with E-state index < -0.39 is 11.4 Å². The third-order valence-corrected chi connectivity index (χ3v) is 5.92. The van der Waals surface area contributed by atoms with E-state index in [4.69, 9.17) is 16.0 Å². The van der Waals surface area contributed by atoms with Crippen molar-refractivity contribution in [2.24, 2.45) is 5.92 Å². The van der Waals surface area contributed by atoms with Crippen molar-refractivity contribution >= 4 is 34.3 Å². The number of H-pyrrole nitrogens is 1. The lowest BCUT2D eigenvalue weighted by molar-refractivity contribution is -0.122. The second-order valence-corrected chi connectivity index (χ2v) is 8.39. The first-order valence-corrected chi connectivity index (χ1v) is 10.2. The van der Waals surface area contributed by atoms with Crippen molar-refractivity contribution in [2.45, 2.75) is 44.1 Å². The van der Waals surface area contributed by atoms with Gasteiger partial charge in [-0.3, -0.25) is 9.78 Å². The SMILES string of the molecule is O=C(CC1(O)CCC(Cc2ccc(Cl)cc2)CC1)Nc1ccc2[nH]c(=O)oc2c1. The minimum atomic E-state index is -0.981. The fraction of sp³-hybridized carbons (Fsp3) is 0.364. The van der Waals surface area contributed by atoms with Crippen LogP contribution in [-0.2, 0) is 11.2 Å². The zero-order chi connectivity index (χ0) is 20.4. The zero-order valence-corrected chi connectivity index (χ0v) is 16.7. The van der Waals surface area contributed by atoms with Crippen LogP contribution >= 0.6 is 11.6 Å². The molecule has 1 fully saturated rings. The van der Waals surface area contributed by atoms with Crippen LogP contribution in [0.5, 0.6) is 0 Å². The number of hydrogen-bond donors (Lipinski definition) is 3. The Hall–Kier alpha value is -2.57. The summed E-state index contributed by atoms with van der Waals surface area (Å²) in [6.07, 6.45) is 3.98. The van der Waals surface area contributed by atoms with Gasteiger partial charge in [0.1, 0.15) is 0 Å². The molecule has 2 aromatic carbocycles. The standard InChI is InChI=1S/C22H23ClN2O4/c23-16-3-1-14(2-4-16)11-15-7-9-22(28,10-8-15)13-20(26)24-17-5-6-18-19(12-17)29-21(27)25-18/h1-6,12,15,28H,7-11,13H2,(H,24,26)(H,25,27). The van der Waals surface area contributed by atoms with Crippen molar-refractivity contribution in [2.75, 3.05) is 5.32 Å². The van der Waals surface area contributed by atoms with Gasteiger partial charge >= 0.3 is 5.76 Å². The topological polar surface area (TPSA) is 95.3 Å². The Kier molecular flexibility index (Phi) is 5.48. The number of fused-ring (bicyclic) bond motifs is 1. The van der Waals surface area contributed by atoms with Crippen LogP contribution < -0.4 is 11.1 Å². The number of anilines is 1. The number of halogens is 1. The molecule has 1 aromatic heterocycles. The van der Waals surface area contributed by atoms with Crippen LogP contribution in [0.25, 0.3) is 11.1 Å². The molecule has 152 valence electrons. The molecule has 0 unspecified atom stereocenters. The number of carbonyl (C=O) groups is 1. The summed E-state index contributed by atoms with van der Waals surface area (Å²) in [7, 11) is 0. The second-order valence-electron chi connectivity index (χ2n) is 7.95. The summed E-state index contributed by atoms with van der Waals surface area (Å²) in [6.45, 7) is 0. The lowest BCUT2D eigenvalue weighted by Gasteiger charge is -2.35. The normalized spacial score (nSPS) is 21.9. The van der Waals surface area contributed by atoms with Gasteiger partial charge in [-0.15, -0.1) is 0 Å². The van der Waals surface area contributed by atoms with E-state index in [0.29, 0.717) is 35.5 Å². The maximum absolute atomic E-state index is 12.4. The molecule has 7 heteroatoms. The summed E-state index contributed by atoms with van der Waals surface area (Å²) in [5, 5.41) is 14.4. The Labute approximate surface area is 172 Å². The van der Waals surface area contributed by atoms with E-state index in [1.807, 2.05) is 24.3 Å². The highest BCUT2D eigenvalue weighted by molar-refractivity contribution is 6.30. The number of rotatable bonds is 5. The average molecular weight is 415 g/mol. The number of benzene rings is 2. The highest BCUT2D eigenvalue weighted by Crippen LogP contribution is 2.36. The minimum absolute atomic E-state index is 0.0514. The molecule has 1 aliphatic carbocycles. The molecule has 1 saturated carbocycles. The predicted octanol–water partition coefficient (Wildman–Crippen LogP) is 4.27. The van der Waals surface area contributed by atoms with Gasteiger partial charge in [0.25, 0.3) is 0 Å². The van der Waals surface area contributed by atoms with E-state index in [1.54, 1.807) is 18.2 Å². The predicted molar refractivity (Wildman–Crippen MR) is 112 cm³/mol. The van der Waals surface area contributed by atoms with Gasteiger partial charge in [-0.25, -0.2) is 4.79 Å². The number of oxazole rings is 1. The fourth-order valence-electron chi connectivity index (χ4n) is 4.08. The summed E-state index contributed by atoms with van der Waals surface area (Å²) < 4.78 is 5.01. The summed E-state index contributed by atoms with van der Waals surface area (Å²) in [5.41, 5.74) is 1.75. The monoisotopic (exact) mass is 414 g/mol. The van der Waals surface area contributed by atoms with Gasteiger partial charge in [0.15, 0.2) is 5.58 Å². The fourth-order valence-corrected chi connectivity index (χ4v) is 4.20. The van der Waals surface area contributed by atoms with Crippen molar-refractivity contribution in [3.05, 3.63) is 63.6 Å². The van der Waals surface area contributed by atoms with Crippen LogP contribution in [0.15, 0.2) is 51.7 Å². The van der Waals surface area contributed by atoms with Crippen molar-refractivity contribution < 1.29 is 14.3 Å². The van der Waals surface area contributed by atoms with Gasteiger partial charge in [-0.2, -0.15) is 0 Å². The van der Waals surface area contributed by atoms with E-state index in [1.165, 1.54) is 5.56 Å². The lowest BCUT2D eigenvalue weighted by atomic mass is 9.75. The summed E-state index contributed by atoms with van der Waals surface area (Å²) in [6, 6.07) is 12.8. The second kappa shape index (κ2) is 8.05. The van der Waals surface area contributed by atoms with E-state index in [-0.39, 0.29) is 12.3 Å². The van der Waals surface area contributed by atoms with E-state index in [0.717, 1.165) is 24.3 Å². The first kappa shape index (κ1) is 19.7. The molecule has 0 bridgehead atoms. The Morgan fingerprint density at radius 1 is 1.21 bits per heavy atom. The Morgan fingerprint density at radius 3 is 2.66 bits per heavy atom. The molecule has 0 saturated heterocycles. The Morgan fingerprint density at radius 2 is 1.93 bits per heavy atom. The third kappa shape index (κ3) is 4.89. The Bertz CT molecular complexity index is 1060. The van der Waals surface area contributed by atoms with Crippen LogP contribution in [0.1, 0.15) is 37.7 Å². The minimum Gasteiger partial charge on any atom is -0.408 e. The van der Waals surface area contributed by atoms with Crippen molar-refractivity contribution in [1.29, 1.82) is 0 Å². The van der Waals surface area contributed by atoms with Crippen LogP contribution in [0.4, 0.5) is 5.69 Å². The highest BCUT2D eigenvalue weighted by atomic mass is 35.5. The summed E-state index contributed by atoms with van der Waals surface area (Å²) in [4.78, 5) is 26.2. The van der Waals surface area contributed by atoms with Crippen molar-refractivity contribution in [3.8, 4) is 0 Å². The molecule has 3 aromatic rings. The largest absolute Gasteiger partial charge is 0.417 e. The molecule has 6 nitrogen and oxygen atoms in total. The maximum Gasteiger partial charge on any atom is 0.417 e. The van der Waals surface area contributed by atoms with Crippen molar-refractivity contribution in [1.82, 2.24) is 4.98 Å². The van der Waals surface area contributed by atoms with Crippen molar-refractivity contribution in [3.63, 3.8) is 0 Å². The van der Waals surface area contributed by atoms with Crippen LogP contribution in [0.2, 0.25) is 5.02 Å². The molecule has 1 heterocycles. The average Bonchev–Trinajstić information content (AvgIpc) is 3.04.